The molecule has 0 fully saturated rings. The van der Waals surface area contributed by atoms with Crippen molar-refractivity contribution in [3.63, 3.8) is 0 Å². The van der Waals surface area contributed by atoms with Crippen molar-refractivity contribution in [1.82, 2.24) is 5.32 Å². The molecule has 3 heteroatoms. The van der Waals surface area contributed by atoms with Crippen molar-refractivity contribution in [3.8, 4) is 5.75 Å². The molecule has 26 heavy (non-hydrogen) atoms. The molecular weight excluding hydrogens is 322 g/mol. The predicted octanol–water partition coefficient (Wildman–Crippen LogP) is 5.35. The Kier molecular flexibility index (Phi) is 6.84. The minimum absolute atomic E-state index is 0.00133. The first kappa shape index (κ1) is 20.0. The van der Waals surface area contributed by atoms with Crippen LogP contribution in [0.2, 0.25) is 0 Å². The lowest BCUT2D eigenvalue weighted by Gasteiger charge is -2.23. The Hall–Kier alpha value is -2.29. The maximum atomic E-state index is 12.8. The number of carbonyl (C=O) groups is 1. The van der Waals surface area contributed by atoms with Gasteiger partial charge in [-0.15, -0.1) is 0 Å². The Labute approximate surface area is 157 Å². The Morgan fingerprint density at radius 3 is 2.23 bits per heavy atom. The van der Waals surface area contributed by atoms with E-state index in [1.54, 1.807) is 0 Å². The first-order valence-electron chi connectivity index (χ1n) is 9.47. The number of hydrogen-bond acceptors (Lipinski definition) is 2. The van der Waals surface area contributed by atoms with Crippen molar-refractivity contribution >= 4 is 5.91 Å². The van der Waals surface area contributed by atoms with Crippen LogP contribution in [0.4, 0.5) is 0 Å². The molecule has 0 heterocycles. The van der Waals surface area contributed by atoms with Crippen molar-refractivity contribution in [2.24, 2.45) is 0 Å². The van der Waals surface area contributed by atoms with E-state index < -0.39 is 6.10 Å². The topological polar surface area (TPSA) is 38.3 Å². The van der Waals surface area contributed by atoms with E-state index in [0.29, 0.717) is 6.42 Å². The largest absolute Gasteiger partial charge is 0.480 e. The highest BCUT2D eigenvalue weighted by atomic mass is 16.5. The van der Waals surface area contributed by atoms with Crippen molar-refractivity contribution < 1.29 is 9.53 Å². The number of benzene rings is 2. The summed E-state index contributed by atoms with van der Waals surface area (Å²) in [6.07, 6.45) is 0.980. The third kappa shape index (κ3) is 4.87. The fourth-order valence-electron chi connectivity index (χ4n) is 3.07. The lowest BCUT2D eigenvalue weighted by Crippen LogP contribution is -2.40. The van der Waals surface area contributed by atoms with Crippen LogP contribution in [0.1, 0.15) is 60.5 Å². The molecule has 0 bridgehead atoms. The summed E-state index contributed by atoms with van der Waals surface area (Å²) in [6.45, 7) is 12.3. The maximum absolute atomic E-state index is 12.8. The van der Waals surface area contributed by atoms with Gasteiger partial charge in [-0.25, -0.2) is 0 Å². The van der Waals surface area contributed by atoms with Crippen molar-refractivity contribution in [2.45, 2.75) is 66.5 Å². The summed E-state index contributed by atoms with van der Waals surface area (Å²) in [6, 6.07) is 12.4. The van der Waals surface area contributed by atoms with Crippen LogP contribution in [0.3, 0.4) is 0 Å². The summed E-state index contributed by atoms with van der Waals surface area (Å²) in [7, 11) is 0. The molecule has 1 N–H and O–H groups in total. The van der Waals surface area contributed by atoms with Gasteiger partial charge in [0.2, 0.25) is 0 Å². The van der Waals surface area contributed by atoms with Crippen molar-refractivity contribution in [1.29, 1.82) is 0 Å². The Balaban J connectivity index is 2.12. The average Bonchev–Trinajstić information content (AvgIpc) is 2.61. The molecular formula is C23H31NO2. The highest BCUT2D eigenvalue weighted by molar-refractivity contribution is 5.81. The molecule has 0 aliphatic carbocycles. The van der Waals surface area contributed by atoms with Gasteiger partial charge in [-0.1, -0.05) is 49.7 Å². The second-order valence-corrected chi connectivity index (χ2v) is 7.10. The van der Waals surface area contributed by atoms with E-state index in [1.165, 1.54) is 16.7 Å². The fourth-order valence-corrected chi connectivity index (χ4v) is 3.07. The van der Waals surface area contributed by atoms with Crippen LogP contribution in [-0.4, -0.2) is 12.0 Å². The van der Waals surface area contributed by atoms with Gasteiger partial charge in [-0.3, -0.25) is 4.79 Å². The third-order valence-corrected chi connectivity index (χ3v) is 4.92. The zero-order chi connectivity index (χ0) is 19.3. The average molecular weight is 354 g/mol. The fraction of sp³-hybridized carbons (Fsp3) is 0.435. The smallest absolute Gasteiger partial charge is 0.261 e. The molecule has 2 atom stereocenters. The molecule has 0 saturated carbocycles. The monoisotopic (exact) mass is 353 g/mol. The van der Waals surface area contributed by atoms with Gasteiger partial charge in [-0.05, 0) is 68.9 Å². The third-order valence-electron chi connectivity index (χ3n) is 4.92. The molecule has 3 nitrogen and oxygen atoms in total. The van der Waals surface area contributed by atoms with Gasteiger partial charge in [0.15, 0.2) is 6.10 Å². The molecule has 0 saturated heterocycles. The van der Waals surface area contributed by atoms with E-state index in [4.69, 9.17) is 4.74 Å². The van der Waals surface area contributed by atoms with Crippen LogP contribution < -0.4 is 10.1 Å². The molecule has 2 rings (SSSR count). The van der Waals surface area contributed by atoms with Gasteiger partial charge in [0, 0.05) is 0 Å². The molecule has 0 aliphatic rings. The molecule has 140 valence electrons. The van der Waals surface area contributed by atoms with Crippen LogP contribution in [0, 0.1) is 27.7 Å². The summed E-state index contributed by atoms with van der Waals surface area (Å²) < 4.78 is 6.02. The van der Waals surface area contributed by atoms with E-state index >= 15 is 0 Å². The minimum atomic E-state index is -0.489. The molecule has 0 spiro atoms. The lowest BCUT2D eigenvalue weighted by molar-refractivity contribution is -0.129. The van der Waals surface area contributed by atoms with E-state index in [-0.39, 0.29) is 11.9 Å². The Bertz CT molecular complexity index is 767. The second-order valence-electron chi connectivity index (χ2n) is 7.10. The summed E-state index contributed by atoms with van der Waals surface area (Å²) in [5, 5.41) is 3.17. The SMILES string of the molecule is CC[C@@H](Oc1ccc(C)cc1C)C(=O)N[C@H](CC)c1ccc(C)c(C)c1. The van der Waals surface area contributed by atoms with Gasteiger partial charge >= 0.3 is 0 Å². The zero-order valence-corrected chi connectivity index (χ0v) is 16.8. The molecule has 1 amide bonds. The number of nitrogens with one attached hydrogen (secondary N) is 1. The highest BCUT2D eigenvalue weighted by Crippen LogP contribution is 2.23. The van der Waals surface area contributed by atoms with Gasteiger partial charge < -0.3 is 10.1 Å². The molecule has 2 aromatic rings. The molecule has 0 aromatic heterocycles. The van der Waals surface area contributed by atoms with Crippen LogP contribution in [0.15, 0.2) is 36.4 Å². The van der Waals surface area contributed by atoms with E-state index in [2.05, 4.69) is 57.3 Å². The standard InChI is InChI=1S/C23H31NO2/c1-7-20(19-11-10-16(4)17(5)14-19)24-23(25)21(8-2)26-22-12-9-15(3)13-18(22)6/h9-14,20-21H,7-8H2,1-6H3,(H,24,25)/t20-,21-/m1/s1. The first-order chi connectivity index (χ1) is 12.3. The zero-order valence-electron chi connectivity index (χ0n) is 16.8. The molecule has 0 unspecified atom stereocenters. The molecule has 2 aromatic carbocycles. The van der Waals surface area contributed by atoms with E-state index in [9.17, 15) is 4.79 Å². The van der Waals surface area contributed by atoms with Gasteiger partial charge in [-0.2, -0.15) is 0 Å². The summed E-state index contributed by atoms with van der Waals surface area (Å²) in [5.41, 5.74) is 5.89. The number of hydrogen-bond donors (Lipinski definition) is 1. The van der Waals surface area contributed by atoms with Crippen LogP contribution in [-0.2, 0) is 4.79 Å². The van der Waals surface area contributed by atoms with E-state index in [1.807, 2.05) is 26.0 Å². The second kappa shape index (κ2) is 8.88. The summed E-state index contributed by atoms with van der Waals surface area (Å²) in [4.78, 5) is 12.8. The van der Waals surface area contributed by atoms with Crippen molar-refractivity contribution in [2.75, 3.05) is 0 Å². The van der Waals surface area contributed by atoms with E-state index in [0.717, 1.165) is 23.3 Å². The number of carbonyl (C=O) groups excluding carboxylic acids is 1. The first-order valence-corrected chi connectivity index (χ1v) is 9.47. The number of ether oxygens (including phenoxy) is 1. The molecule has 0 radical (unpaired) electrons. The Morgan fingerprint density at radius 2 is 1.65 bits per heavy atom. The van der Waals surface area contributed by atoms with Gasteiger partial charge in [0.05, 0.1) is 6.04 Å². The Morgan fingerprint density at radius 1 is 0.923 bits per heavy atom. The maximum Gasteiger partial charge on any atom is 0.261 e. The number of rotatable bonds is 7. The molecule has 0 aliphatic heterocycles. The van der Waals surface area contributed by atoms with Crippen LogP contribution >= 0.6 is 0 Å². The normalized spacial score (nSPS) is 13.2. The lowest BCUT2D eigenvalue weighted by atomic mass is 9.99. The highest BCUT2D eigenvalue weighted by Gasteiger charge is 2.22. The summed E-state index contributed by atoms with van der Waals surface area (Å²) in [5.74, 6) is 0.717. The number of amides is 1. The van der Waals surface area contributed by atoms with Crippen molar-refractivity contribution in [3.05, 3.63) is 64.2 Å². The van der Waals surface area contributed by atoms with Crippen LogP contribution in [0.25, 0.3) is 0 Å². The number of aryl methyl sites for hydroxylation is 4. The van der Waals surface area contributed by atoms with Crippen LogP contribution in [0.5, 0.6) is 5.75 Å². The predicted molar refractivity (Wildman–Crippen MR) is 108 cm³/mol. The van der Waals surface area contributed by atoms with Gasteiger partial charge in [0.1, 0.15) is 5.75 Å². The minimum Gasteiger partial charge on any atom is -0.480 e. The van der Waals surface area contributed by atoms with Gasteiger partial charge in [0.25, 0.3) is 5.91 Å². The quantitative estimate of drug-likeness (QED) is 0.729. The summed E-state index contributed by atoms with van der Waals surface area (Å²) >= 11 is 0.